The minimum Gasteiger partial charge on any atom is -0.462 e. The van der Waals surface area contributed by atoms with Crippen molar-refractivity contribution in [3.63, 3.8) is 0 Å². The highest BCUT2D eigenvalue weighted by atomic mass is 32.1. The van der Waals surface area contributed by atoms with Crippen LogP contribution in [0.3, 0.4) is 0 Å². The molecule has 3 rings (SSSR count). The van der Waals surface area contributed by atoms with Crippen molar-refractivity contribution in [3.8, 4) is 0 Å². The Bertz CT molecular complexity index is 1030. The fraction of sp³-hybridized carbons (Fsp3) is 0.238. The van der Waals surface area contributed by atoms with E-state index in [0.29, 0.717) is 22.0 Å². The van der Waals surface area contributed by atoms with Crippen LogP contribution in [0.2, 0.25) is 0 Å². The number of esters is 1. The minimum atomic E-state index is -0.506. The maximum atomic E-state index is 12.5. The summed E-state index contributed by atoms with van der Waals surface area (Å²) in [6.45, 7) is 2.33. The molecule has 0 saturated carbocycles. The number of amides is 1. The lowest BCUT2D eigenvalue weighted by Gasteiger charge is -2.21. The van der Waals surface area contributed by atoms with Gasteiger partial charge in [-0.2, -0.15) is 0 Å². The number of nitrogen functional groups attached to an aromatic ring is 1. The molecule has 1 amide bonds. The van der Waals surface area contributed by atoms with E-state index in [1.165, 1.54) is 0 Å². The van der Waals surface area contributed by atoms with Gasteiger partial charge in [-0.25, -0.2) is 4.79 Å². The van der Waals surface area contributed by atoms with E-state index in [1.807, 2.05) is 30.1 Å². The summed E-state index contributed by atoms with van der Waals surface area (Å²) < 4.78 is 5.16. The second kappa shape index (κ2) is 8.31. The van der Waals surface area contributed by atoms with Crippen molar-refractivity contribution < 1.29 is 14.3 Å². The molecule has 7 heteroatoms. The lowest BCUT2D eigenvalue weighted by Crippen LogP contribution is -2.23. The van der Waals surface area contributed by atoms with E-state index >= 15 is 0 Å². The molecule has 3 N–H and O–H groups in total. The van der Waals surface area contributed by atoms with Gasteiger partial charge in [0, 0.05) is 31.9 Å². The van der Waals surface area contributed by atoms with E-state index in [1.54, 1.807) is 14.0 Å². The molecule has 3 aromatic rings. The Kier molecular flexibility index (Phi) is 5.84. The lowest BCUT2D eigenvalue weighted by atomic mass is 10.1. The molecule has 1 aromatic heterocycles. The Morgan fingerprint density at radius 3 is 2.57 bits per heavy atom. The van der Waals surface area contributed by atoms with Gasteiger partial charge in [0.15, 0.2) is 0 Å². The van der Waals surface area contributed by atoms with Crippen molar-refractivity contribution in [2.24, 2.45) is 0 Å². The molecule has 0 atom stereocenters. The highest BCUT2D eigenvalue weighted by Crippen LogP contribution is 2.34. The second-order valence-electron chi connectivity index (χ2n) is 6.34. The third-order valence-corrected chi connectivity index (χ3v) is 5.58. The SMILES string of the molecule is CCOC(=O)c1c(N)sc(C(=O)NC)c1CN(C)c1ccc2ccccc2c1. The van der Waals surface area contributed by atoms with Gasteiger partial charge in [0.2, 0.25) is 0 Å². The monoisotopic (exact) mass is 397 g/mol. The van der Waals surface area contributed by atoms with Gasteiger partial charge >= 0.3 is 5.97 Å². The Labute approximate surface area is 167 Å². The van der Waals surface area contributed by atoms with Gasteiger partial charge < -0.3 is 20.7 Å². The van der Waals surface area contributed by atoms with E-state index in [2.05, 4.69) is 29.6 Å². The van der Waals surface area contributed by atoms with Gasteiger partial charge in [-0.1, -0.05) is 30.3 Å². The number of carbonyl (C=O) groups is 2. The van der Waals surface area contributed by atoms with Gasteiger partial charge in [-0.15, -0.1) is 11.3 Å². The molecule has 2 aromatic carbocycles. The van der Waals surface area contributed by atoms with Gasteiger partial charge in [0.1, 0.15) is 5.00 Å². The molecule has 6 nitrogen and oxygen atoms in total. The second-order valence-corrected chi connectivity index (χ2v) is 7.39. The first kappa shape index (κ1) is 19.7. The maximum absolute atomic E-state index is 12.5. The zero-order valence-electron chi connectivity index (χ0n) is 16.1. The number of nitrogens with zero attached hydrogens (tertiary/aromatic N) is 1. The lowest BCUT2D eigenvalue weighted by molar-refractivity contribution is 0.0527. The summed E-state index contributed by atoms with van der Waals surface area (Å²) in [7, 11) is 3.47. The topological polar surface area (TPSA) is 84.7 Å². The van der Waals surface area contributed by atoms with Crippen LogP contribution in [-0.2, 0) is 11.3 Å². The Morgan fingerprint density at radius 1 is 1.18 bits per heavy atom. The fourth-order valence-electron chi connectivity index (χ4n) is 3.10. The Morgan fingerprint density at radius 2 is 1.89 bits per heavy atom. The minimum absolute atomic E-state index is 0.239. The molecular weight excluding hydrogens is 374 g/mol. The Balaban J connectivity index is 2.00. The molecule has 0 aliphatic heterocycles. The van der Waals surface area contributed by atoms with Crippen LogP contribution in [-0.4, -0.2) is 32.6 Å². The van der Waals surface area contributed by atoms with Crippen molar-refractivity contribution >= 4 is 44.7 Å². The van der Waals surface area contributed by atoms with Crippen molar-refractivity contribution in [3.05, 3.63) is 58.5 Å². The molecular formula is C21H23N3O3S. The van der Waals surface area contributed by atoms with Crippen LogP contribution >= 0.6 is 11.3 Å². The number of anilines is 2. The zero-order valence-corrected chi connectivity index (χ0v) is 16.9. The first-order valence-electron chi connectivity index (χ1n) is 8.96. The number of rotatable bonds is 6. The number of hydrogen-bond donors (Lipinski definition) is 2. The van der Waals surface area contributed by atoms with Crippen LogP contribution in [0.5, 0.6) is 0 Å². The third-order valence-electron chi connectivity index (χ3n) is 4.52. The summed E-state index contributed by atoms with van der Waals surface area (Å²) in [4.78, 5) is 27.2. The van der Waals surface area contributed by atoms with E-state index in [0.717, 1.165) is 27.8 Å². The van der Waals surface area contributed by atoms with Crippen molar-refractivity contribution in [1.29, 1.82) is 0 Å². The number of hydrogen-bond acceptors (Lipinski definition) is 6. The first-order valence-corrected chi connectivity index (χ1v) is 9.78. The number of thiophene rings is 1. The number of ether oxygens (including phenoxy) is 1. The highest BCUT2D eigenvalue weighted by Gasteiger charge is 2.27. The molecule has 0 bridgehead atoms. The van der Waals surface area contributed by atoms with Crippen LogP contribution in [0.15, 0.2) is 42.5 Å². The fourth-order valence-corrected chi connectivity index (χ4v) is 4.12. The van der Waals surface area contributed by atoms with Crippen LogP contribution in [0.25, 0.3) is 10.8 Å². The molecule has 0 spiro atoms. The zero-order chi connectivity index (χ0) is 20.3. The summed E-state index contributed by atoms with van der Waals surface area (Å²) >= 11 is 1.11. The van der Waals surface area contributed by atoms with Crippen LogP contribution in [0.1, 0.15) is 32.5 Å². The van der Waals surface area contributed by atoms with E-state index in [-0.39, 0.29) is 18.1 Å². The number of benzene rings is 2. The van der Waals surface area contributed by atoms with Crippen molar-refractivity contribution in [2.45, 2.75) is 13.5 Å². The highest BCUT2D eigenvalue weighted by molar-refractivity contribution is 7.18. The first-order chi connectivity index (χ1) is 13.5. The molecule has 0 unspecified atom stereocenters. The molecule has 0 aliphatic carbocycles. The Hall–Kier alpha value is -3.06. The number of carbonyl (C=O) groups excluding carboxylic acids is 2. The normalized spacial score (nSPS) is 10.7. The number of nitrogens with one attached hydrogen (secondary N) is 1. The quantitative estimate of drug-likeness (QED) is 0.620. The maximum Gasteiger partial charge on any atom is 0.341 e. The standard InChI is InChI=1S/C21H23N3O3S/c1-4-27-21(26)17-16(18(20(25)23-2)28-19(17)22)12-24(3)15-10-9-13-7-5-6-8-14(13)11-15/h5-11H,4,12,22H2,1-3H3,(H,23,25). The average molecular weight is 398 g/mol. The number of fused-ring (bicyclic) bond motifs is 1. The number of nitrogens with two attached hydrogens (primary N) is 1. The van der Waals surface area contributed by atoms with Gasteiger partial charge in [-0.3, -0.25) is 4.79 Å². The van der Waals surface area contributed by atoms with E-state index < -0.39 is 5.97 Å². The van der Waals surface area contributed by atoms with Crippen molar-refractivity contribution in [2.75, 3.05) is 31.3 Å². The van der Waals surface area contributed by atoms with Gasteiger partial charge in [-0.05, 0) is 29.8 Å². The van der Waals surface area contributed by atoms with E-state index in [9.17, 15) is 9.59 Å². The molecule has 0 saturated heterocycles. The molecule has 0 radical (unpaired) electrons. The van der Waals surface area contributed by atoms with Crippen LogP contribution in [0, 0.1) is 0 Å². The smallest absolute Gasteiger partial charge is 0.341 e. The van der Waals surface area contributed by atoms with Gasteiger partial charge in [0.25, 0.3) is 5.91 Å². The predicted octanol–water partition coefficient (Wildman–Crippen LogP) is 3.66. The van der Waals surface area contributed by atoms with Gasteiger partial charge in [0.05, 0.1) is 17.0 Å². The van der Waals surface area contributed by atoms with Crippen molar-refractivity contribution in [1.82, 2.24) is 5.32 Å². The summed E-state index contributed by atoms with van der Waals surface area (Å²) in [6.07, 6.45) is 0. The molecule has 146 valence electrons. The summed E-state index contributed by atoms with van der Waals surface area (Å²) in [5.74, 6) is -0.775. The molecule has 28 heavy (non-hydrogen) atoms. The molecule has 0 fully saturated rings. The predicted molar refractivity (Wildman–Crippen MR) is 114 cm³/mol. The van der Waals surface area contributed by atoms with Crippen LogP contribution < -0.4 is 16.0 Å². The summed E-state index contributed by atoms with van der Waals surface area (Å²) in [5, 5.41) is 5.18. The van der Waals surface area contributed by atoms with E-state index in [4.69, 9.17) is 10.5 Å². The molecule has 0 aliphatic rings. The molecule has 1 heterocycles. The third kappa shape index (κ3) is 3.80. The largest absolute Gasteiger partial charge is 0.462 e. The average Bonchev–Trinajstić information content (AvgIpc) is 3.03. The van der Waals surface area contributed by atoms with Crippen LogP contribution in [0.4, 0.5) is 10.7 Å². The summed E-state index contributed by atoms with van der Waals surface area (Å²) in [6, 6.07) is 14.2. The summed E-state index contributed by atoms with van der Waals surface area (Å²) in [5.41, 5.74) is 7.90.